The zero-order chi connectivity index (χ0) is 16.0. The molecule has 2 heterocycles. The third kappa shape index (κ3) is 4.73. The van der Waals surface area contributed by atoms with E-state index in [1.807, 2.05) is 32.9 Å². The molecule has 0 saturated heterocycles. The SMILES string of the molecule is CC(C)(C)c1cnc(C(=O)NCCCOCc2ccco2)o1. The molecule has 0 aromatic carbocycles. The molecular formula is C16H22N2O4. The molecule has 0 spiro atoms. The van der Waals surface area contributed by atoms with Crippen molar-refractivity contribution in [2.45, 2.75) is 39.2 Å². The van der Waals surface area contributed by atoms with Crippen LogP contribution in [0.15, 0.2) is 33.4 Å². The van der Waals surface area contributed by atoms with Gasteiger partial charge in [0, 0.05) is 18.6 Å². The molecule has 0 aliphatic rings. The first-order valence-corrected chi connectivity index (χ1v) is 7.31. The fourth-order valence-corrected chi connectivity index (χ4v) is 1.75. The molecule has 22 heavy (non-hydrogen) atoms. The minimum Gasteiger partial charge on any atom is -0.467 e. The molecule has 6 nitrogen and oxygen atoms in total. The van der Waals surface area contributed by atoms with E-state index < -0.39 is 0 Å². The molecule has 0 aliphatic carbocycles. The Morgan fingerprint density at radius 2 is 2.23 bits per heavy atom. The number of oxazole rings is 1. The second-order valence-corrected chi connectivity index (χ2v) is 6.02. The lowest BCUT2D eigenvalue weighted by Gasteiger charge is -2.12. The summed E-state index contributed by atoms with van der Waals surface area (Å²) < 4.78 is 16.1. The smallest absolute Gasteiger partial charge is 0.307 e. The summed E-state index contributed by atoms with van der Waals surface area (Å²) in [5.41, 5.74) is -0.161. The fourth-order valence-electron chi connectivity index (χ4n) is 1.75. The van der Waals surface area contributed by atoms with Crippen LogP contribution in [0.5, 0.6) is 0 Å². The highest BCUT2D eigenvalue weighted by Gasteiger charge is 2.21. The van der Waals surface area contributed by atoms with E-state index in [9.17, 15) is 4.79 Å². The molecule has 0 aliphatic heterocycles. The zero-order valence-corrected chi connectivity index (χ0v) is 13.2. The Morgan fingerprint density at radius 3 is 2.86 bits per heavy atom. The number of ether oxygens (including phenoxy) is 1. The maximum absolute atomic E-state index is 11.9. The van der Waals surface area contributed by atoms with E-state index in [0.29, 0.717) is 31.9 Å². The minimum atomic E-state index is -0.304. The van der Waals surface area contributed by atoms with Crippen LogP contribution in [0.25, 0.3) is 0 Å². The molecule has 120 valence electrons. The van der Waals surface area contributed by atoms with Crippen LogP contribution in [0.2, 0.25) is 0 Å². The number of carbonyl (C=O) groups excluding carboxylic acids is 1. The van der Waals surface area contributed by atoms with Crippen LogP contribution in [0.4, 0.5) is 0 Å². The van der Waals surface area contributed by atoms with E-state index in [4.69, 9.17) is 13.6 Å². The number of amides is 1. The van der Waals surface area contributed by atoms with Crippen LogP contribution in [0.1, 0.15) is 49.4 Å². The first kappa shape index (κ1) is 16.3. The lowest BCUT2D eigenvalue weighted by Crippen LogP contribution is -2.25. The lowest BCUT2D eigenvalue weighted by molar-refractivity contribution is 0.0885. The van der Waals surface area contributed by atoms with Gasteiger partial charge in [-0.05, 0) is 18.6 Å². The second kappa shape index (κ2) is 7.26. The summed E-state index contributed by atoms with van der Waals surface area (Å²) in [5, 5.41) is 2.76. The Bertz CT molecular complexity index is 582. The Hall–Kier alpha value is -2.08. The number of aromatic nitrogens is 1. The predicted molar refractivity (Wildman–Crippen MR) is 80.5 cm³/mol. The molecule has 1 amide bonds. The molecule has 1 N–H and O–H groups in total. The minimum absolute atomic E-state index is 0.0985. The molecule has 6 heteroatoms. The van der Waals surface area contributed by atoms with Gasteiger partial charge >= 0.3 is 5.91 Å². The standard InChI is InChI=1S/C16H22N2O4/c1-16(2,3)13-10-18-15(22-13)14(19)17-7-5-8-20-11-12-6-4-9-21-12/h4,6,9-10H,5,7-8,11H2,1-3H3,(H,17,19). The number of carbonyl (C=O) groups is 1. The highest BCUT2D eigenvalue weighted by Crippen LogP contribution is 2.22. The Kier molecular flexibility index (Phi) is 5.38. The number of nitrogens with zero attached hydrogens (tertiary/aromatic N) is 1. The van der Waals surface area contributed by atoms with E-state index in [-0.39, 0.29) is 17.2 Å². The molecule has 0 bridgehead atoms. The van der Waals surface area contributed by atoms with Crippen molar-refractivity contribution in [3.63, 3.8) is 0 Å². The summed E-state index contributed by atoms with van der Waals surface area (Å²) >= 11 is 0. The molecule has 2 aromatic rings. The highest BCUT2D eigenvalue weighted by molar-refractivity contribution is 5.89. The topological polar surface area (TPSA) is 77.5 Å². The van der Waals surface area contributed by atoms with Gasteiger partial charge in [0.1, 0.15) is 18.1 Å². The summed E-state index contributed by atoms with van der Waals surface area (Å²) in [6.07, 6.45) is 3.92. The van der Waals surface area contributed by atoms with Gasteiger partial charge in [0.05, 0.1) is 12.5 Å². The number of hydrogen-bond acceptors (Lipinski definition) is 5. The van der Waals surface area contributed by atoms with Crippen molar-refractivity contribution in [3.05, 3.63) is 42.0 Å². The first-order chi connectivity index (χ1) is 10.5. The van der Waals surface area contributed by atoms with Crippen molar-refractivity contribution in [2.75, 3.05) is 13.2 Å². The molecule has 0 fully saturated rings. The van der Waals surface area contributed by atoms with Crippen molar-refractivity contribution in [1.82, 2.24) is 10.3 Å². The van der Waals surface area contributed by atoms with E-state index in [1.165, 1.54) is 0 Å². The molecule has 2 aromatic heterocycles. The average Bonchev–Trinajstić information content (AvgIpc) is 3.12. The molecule has 0 atom stereocenters. The van der Waals surface area contributed by atoms with Gasteiger partial charge < -0.3 is 18.9 Å². The molecule has 2 rings (SSSR count). The Balaban J connectivity index is 1.64. The van der Waals surface area contributed by atoms with Gasteiger partial charge in [0.25, 0.3) is 5.89 Å². The monoisotopic (exact) mass is 306 g/mol. The van der Waals surface area contributed by atoms with E-state index in [1.54, 1.807) is 12.5 Å². The van der Waals surface area contributed by atoms with Gasteiger partial charge in [-0.25, -0.2) is 4.98 Å². The lowest BCUT2D eigenvalue weighted by atomic mass is 9.94. The summed E-state index contributed by atoms with van der Waals surface area (Å²) in [4.78, 5) is 15.9. The van der Waals surface area contributed by atoms with Gasteiger partial charge in [-0.1, -0.05) is 20.8 Å². The van der Waals surface area contributed by atoms with Crippen LogP contribution in [-0.4, -0.2) is 24.0 Å². The zero-order valence-electron chi connectivity index (χ0n) is 13.2. The maximum atomic E-state index is 11.9. The highest BCUT2D eigenvalue weighted by atomic mass is 16.5. The number of rotatable bonds is 7. The van der Waals surface area contributed by atoms with Crippen molar-refractivity contribution < 1.29 is 18.4 Å². The van der Waals surface area contributed by atoms with Crippen LogP contribution in [0.3, 0.4) is 0 Å². The van der Waals surface area contributed by atoms with Gasteiger partial charge in [-0.2, -0.15) is 0 Å². The summed E-state index contributed by atoms with van der Waals surface area (Å²) in [5.74, 6) is 1.28. The van der Waals surface area contributed by atoms with Crippen molar-refractivity contribution in [1.29, 1.82) is 0 Å². The van der Waals surface area contributed by atoms with Gasteiger partial charge in [0.2, 0.25) is 0 Å². The number of nitrogens with one attached hydrogen (secondary N) is 1. The second-order valence-electron chi connectivity index (χ2n) is 6.02. The molecule has 0 saturated carbocycles. The maximum Gasteiger partial charge on any atom is 0.307 e. The molecular weight excluding hydrogens is 284 g/mol. The number of furan rings is 1. The largest absolute Gasteiger partial charge is 0.467 e. The summed E-state index contributed by atoms with van der Waals surface area (Å²) in [6, 6.07) is 3.68. The Morgan fingerprint density at radius 1 is 1.41 bits per heavy atom. The average molecular weight is 306 g/mol. The number of hydrogen-bond donors (Lipinski definition) is 1. The van der Waals surface area contributed by atoms with Crippen LogP contribution >= 0.6 is 0 Å². The summed E-state index contributed by atoms with van der Waals surface area (Å²) in [6.45, 7) is 7.50. The third-order valence-electron chi connectivity index (χ3n) is 3.01. The predicted octanol–water partition coefficient (Wildman–Crippen LogP) is 2.90. The van der Waals surface area contributed by atoms with Crippen molar-refractivity contribution >= 4 is 5.91 Å². The quantitative estimate of drug-likeness (QED) is 0.796. The van der Waals surface area contributed by atoms with E-state index >= 15 is 0 Å². The van der Waals surface area contributed by atoms with Crippen LogP contribution < -0.4 is 5.32 Å². The van der Waals surface area contributed by atoms with Crippen LogP contribution in [-0.2, 0) is 16.8 Å². The fraction of sp³-hybridized carbons (Fsp3) is 0.500. The van der Waals surface area contributed by atoms with E-state index in [0.717, 1.165) is 5.76 Å². The van der Waals surface area contributed by atoms with Crippen molar-refractivity contribution in [3.8, 4) is 0 Å². The summed E-state index contributed by atoms with van der Waals surface area (Å²) in [7, 11) is 0. The van der Waals surface area contributed by atoms with E-state index in [2.05, 4.69) is 10.3 Å². The first-order valence-electron chi connectivity index (χ1n) is 7.31. The third-order valence-corrected chi connectivity index (χ3v) is 3.01. The van der Waals surface area contributed by atoms with Gasteiger partial charge in [-0.15, -0.1) is 0 Å². The van der Waals surface area contributed by atoms with Gasteiger partial charge in [-0.3, -0.25) is 4.79 Å². The van der Waals surface area contributed by atoms with Gasteiger partial charge in [0.15, 0.2) is 0 Å². The molecule has 0 unspecified atom stereocenters. The van der Waals surface area contributed by atoms with Crippen molar-refractivity contribution in [2.24, 2.45) is 0 Å². The molecule has 0 radical (unpaired) electrons. The van der Waals surface area contributed by atoms with Crippen LogP contribution in [0, 0.1) is 0 Å². The normalized spacial score (nSPS) is 11.6. The Labute approximate surface area is 129 Å².